The van der Waals surface area contributed by atoms with E-state index >= 15 is 0 Å². The zero-order valence-corrected chi connectivity index (χ0v) is 10.9. The highest BCUT2D eigenvalue weighted by atomic mass is 28.4. The summed E-state index contributed by atoms with van der Waals surface area (Å²) in [5, 5.41) is 1.22. The number of rotatable bonds is 4. The van der Waals surface area contributed by atoms with Crippen LogP contribution in [0.4, 0.5) is 0 Å². The molecule has 0 N–H and O–H groups in total. The van der Waals surface area contributed by atoms with E-state index in [1.165, 1.54) is 5.19 Å². The Bertz CT molecular complexity index is 287. The second-order valence-electron chi connectivity index (χ2n) is 2.77. The highest BCUT2D eigenvalue weighted by Gasteiger charge is 2.27. The Morgan fingerprint density at radius 1 is 1.15 bits per heavy atom. The maximum absolute atomic E-state index is 5.66. The molecule has 0 saturated heterocycles. The Hall–Kier alpha value is -0.906. The van der Waals surface area contributed by atoms with Crippen LogP contribution in [-0.2, 0) is 4.12 Å². The Kier molecular flexibility index (Phi) is 3.42. The smallest absolute Gasteiger partial charge is 0.261 e. The average Bonchev–Trinajstić information content (AvgIpc) is 2.23. The van der Waals surface area contributed by atoms with Crippen molar-refractivity contribution >= 4 is 24.0 Å². The molecule has 0 amide bonds. The summed E-state index contributed by atoms with van der Waals surface area (Å²) >= 11 is 0. The lowest BCUT2D eigenvalue weighted by Gasteiger charge is -2.22. The zero-order chi connectivity index (χ0) is 9.73. The maximum Gasteiger partial charge on any atom is 0.261 e. The minimum absolute atomic E-state index is 0.719. The minimum Gasteiger partial charge on any atom is -0.455 e. The fourth-order valence-electron chi connectivity index (χ4n) is 1.30. The van der Waals surface area contributed by atoms with Gasteiger partial charge in [-0.1, -0.05) is 41.7 Å². The van der Waals surface area contributed by atoms with Gasteiger partial charge >= 0.3 is 0 Å². The molecular formula is C10H14OSi2. The zero-order valence-electron chi connectivity index (χ0n) is 7.86. The van der Waals surface area contributed by atoms with Crippen LogP contribution in [0, 0.1) is 0 Å². The minimum atomic E-state index is -2.00. The van der Waals surface area contributed by atoms with E-state index in [0.29, 0.717) is 0 Å². The molecule has 0 aliphatic rings. The van der Waals surface area contributed by atoms with Crippen LogP contribution in [0.15, 0.2) is 54.9 Å². The van der Waals surface area contributed by atoms with Crippen LogP contribution in [-0.4, -0.2) is 18.8 Å². The van der Waals surface area contributed by atoms with Gasteiger partial charge in [0.15, 0.2) is 0 Å². The van der Waals surface area contributed by atoms with Gasteiger partial charge in [-0.05, 0) is 5.19 Å². The van der Waals surface area contributed by atoms with Crippen molar-refractivity contribution in [1.29, 1.82) is 0 Å². The molecule has 0 heterocycles. The molecule has 0 saturated carbocycles. The van der Waals surface area contributed by atoms with Crippen LogP contribution in [0.1, 0.15) is 0 Å². The van der Waals surface area contributed by atoms with Gasteiger partial charge in [0, 0.05) is 0 Å². The lowest BCUT2D eigenvalue weighted by atomic mass is 10.4. The molecule has 1 rings (SSSR count). The summed E-state index contributed by atoms with van der Waals surface area (Å²) in [4.78, 5) is 0. The molecule has 0 aromatic heterocycles. The molecule has 0 atom stereocenters. The van der Waals surface area contributed by atoms with E-state index in [-0.39, 0.29) is 0 Å². The summed E-state index contributed by atoms with van der Waals surface area (Å²) in [7, 11) is -1.28. The molecule has 0 radical (unpaired) electrons. The fourth-order valence-corrected chi connectivity index (χ4v) is 4.93. The number of hydrogen-bond donors (Lipinski definition) is 0. The molecule has 3 heteroatoms. The quantitative estimate of drug-likeness (QED) is 0.655. The Labute approximate surface area is 83.4 Å². The van der Waals surface area contributed by atoms with Gasteiger partial charge < -0.3 is 4.12 Å². The molecule has 1 aromatic rings. The molecule has 0 aliphatic heterocycles. The van der Waals surface area contributed by atoms with Crippen molar-refractivity contribution in [2.45, 2.75) is 0 Å². The first-order valence-electron chi connectivity index (χ1n) is 4.17. The summed E-state index contributed by atoms with van der Waals surface area (Å²) in [5.41, 5.74) is 3.84. The third kappa shape index (κ3) is 1.88. The lowest BCUT2D eigenvalue weighted by Crippen LogP contribution is -2.47. The molecule has 1 aromatic carbocycles. The predicted octanol–water partition coefficient (Wildman–Crippen LogP) is 0.586. The third-order valence-corrected chi connectivity index (χ3v) is 7.32. The van der Waals surface area contributed by atoms with Crippen molar-refractivity contribution in [3.8, 4) is 0 Å². The van der Waals surface area contributed by atoms with Crippen molar-refractivity contribution in [1.82, 2.24) is 0 Å². The van der Waals surface area contributed by atoms with Crippen LogP contribution in [0.5, 0.6) is 0 Å². The second-order valence-corrected chi connectivity index (χ2v) is 7.38. The van der Waals surface area contributed by atoms with E-state index in [2.05, 4.69) is 25.3 Å². The Balaban J connectivity index is 3.15. The summed E-state index contributed by atoms with van der Waals surface area (Å²) in [6.45, 7) is 7.68. The fraction of sp³-hybridized carbons (Fsp3) is 0. The average molecular weight is 206 g/mol. The summed E-state index contributed by atoms with van der Waals surface area (Å²) < 4.78 is 5.66. The standard InChI is InChI=1S/C10H14OSi2/c1-3-13(4-2,11-12)10-8-6-5-7-9-10/h3-9H,1-2H2,12H3. The van der Waals surface area contributed by atoms with Crippen molar-refractivity contribution in [2.24, 2.45) is 0 Å². The molecule has 68 valence electrons. The Morgan fingerprint density at radius 3 is 2.08 bits per heavy atom. The van der Waals surface area contributed by atoms with E-state index in [9.17, 15) is 0 Å². The highest BCUT2D eigenvalue weighted by Crippen LogP contribution is 2.06. The first-order chi connectivity index (χ1) is 6.29. The van der Waals surface area contributed by atoms with Crippen LogP contribution in [0.3, 0.4) is 0 Å². The first kappa shape index (κ1) is 10.2. The molecule has 13 heavy (non-hydrogen) atoms. The van der Waals surface area contributed by atoms with Gasteiger partial charge in [-0.15, -0.1) is 13.2 Å². The van der Waals surface area contributed by atoms with E-state index in [4.69, 9.17) is 4.12 Å². The first-order valence-corrected chi connectivity index (χ1v) is 7.05. The predicted molar refractivity (Wildman–Crippen MR) is 63.2 cm³/mol. The second kappa shape index (κ2) is 4.36. The highest BCUT2D eigenvalue weighted by molar-refractivity contribution is 6.96. The molecule has 0 fully saturated rings. The van der Waals surface area contributed by atoms with Crippen LogP contribution < -0.4 is 5.19 Å². The van der Waals surface area contributed by atoms with E-state index in [1.54, 1.807) is 0 Å². The molecule has 0 bridgehead atoms. The molecule has 0 aliphatic carbocycles. The molecule has 0 spiro atoms. The van der Waals surface area contributed by atoms with E-state index < -0.39 is 8.32 Å². The molecular weight excluding hydrogens is 192 g/mol. The number of benzene rings is 1. The topological polar surface area (TPSA) is 9.23 Å². The van der Waals surface area contributed by atoms with Crippen LogP contribution in [0.2, 0.25) is 0 Å². The monoisotopic (exact) mass is 206 g/mol. The van der Waals surface area contributed by atoms with Crippen LogP contribution in [0.25, 0.3) is 0 Å². The van der Waals surface area contributed by atoms with Gasteiger partial charge in [0.2, 0.25) is 0 Å². The van der Waals surface area contributed by atoms with Gasteiger partial charge in [0.25, 0.3) is 8.32 Å². The maximum atomic E-state index is 5.66. The van der Waals surface area contributed by atoms with Crippen molar-refractivity contribution in [2.75, 3.05) is 0 Å². The third-order valence-electron chi connectivity index (χ3n) is 2.17. The van der Waals surface area contributed by atoms with Gasteiger partial charge in [0.1, 0.15) is 10.5 Å². The SMILES string of the molecule is C=C[Si](C=C)(O[SiH3])c1ccccc1. The molecule has 0 unspecified atom stereocenters. The summed E-state index contributed by atoms with van der Waals surface area (Å²) in [6.07, 6.45) is 0. The molecule has 1 nitrogen and oxygen atoms in total. The summed E-state index contributed by atoms with van der Waals surface area (Å²) in [6, 6.07) is 10.2. The van der Waals surface area contributed by atoms with Gasteiger partial charge in [-0.2, -0.15) is 0 Å². The van der Waals surface area contributed by atoms with Crippen molar-refractivity contribution in [3.63, 3.8) is 0 Å². The van der Waals surface area contributed by atoms with Gasteiger partial charge in [-0.25, -0.2) is 0 Å². The number of hydrogen-bond acceptors (Lipinski definition) is 1. The summed E-state index contributed by atoms with van der Waals surface area (Å²) in [5.74, 6) is 0. The van der Waals surface area contributed by atoms with Gasteiger partial charge in [0.05, 0.1) is 0 Å². The largest absolute Gasteiger partial charge is 0.455 e. The van der Waals surface area contributed by atoms with Crippen molar-refractivity contribution < 1.29 is 4.12 Å². The van der Waals surface area contributed by atoms with Crippen molar-refractivity contribution in [3.05, 3.63) is 54.9 Å². The van der Waals surface area contributed by atoms with E-state index in [1.807, 2.05) is 29.6 Å². The lowest BCUT2D eigenvalue weighted by molar-refractivity contribution is 0.641. The Morgan fingerprint density at radius 2 is 1.69 bits per heavy atom. The van der Waals surface area contributed by atoms with E-state index in [0.717, 1.165) is 10.5 Å². The van der Waals surface area contributed by atoms with Gasteiger partial charge in [-0.3, -0.25) is 0 Å². The normalized spacial score (nSPS) is 11.1. The van der Waals surface area contributed by atoms with Crippen LogP contribution >= 0.6 is 0 Å².